The molecular formula is C12H13BrN4O2. The summed E-state index contributed by atoms with van der Waals surface area (Å²) in [5.41, 5.74) is 0.812. The van der Waals surface area contributed by atoms with Crippen LogP contribution >= 0.6 is 15.9 Å². The fourth-order valence-corrected chi connectivity index (χ4v) is 2.54. The summed E-state index contributed by atoms with van der Waals surface area (Å²) in [4.78, 5) is 15.6. The molecule has 1 aliphatic heterocycles. The van der Waals surface area contributed by atoms with Crippen molar-refractivity contribution in [3.8, 4) is 5.88 Å². The molecule has 0 aromatic carbocycles. The highest BCUT2D eigenvalue weighted by atomic mass is 79.9. The van der Waals surface area contributed by atoms with E-state index in [1.54, 1.807) is 16.9 Å². The van der Waals surface area contributed by atoms with E-state index in [4.69, 9.17) is 4.74 Å². The van der Waals surface area contributed by atoms with Gasteiger partial charge in [0.15, 0.2) is 0 Å². The lowest BCUT2D eigenvalue weighted by molar-refractivity contribution is -0.119. The van der Waals surface area contributed by atoms with Crippen LogP contribution in [0.4, 0.5) is 0 Å². The number of rotatable bonds is 3. The first kappa shape index (κ1) is 12.4. The maximum absolute atomic E-state index is 11.2. The summed E-state index contributed by atoms with van der Waals surface area (Å²) < 4.78 is 8.27. The van der Waals surface area contributed by atoms with E-state index in [9.17, 15) is 4.79 Å². The van der Waals surface area contributed by atoms with Crippen molar-refractivity contribution in [2.75, 3.05) is 6.54 Å². The molecule has 0 spiro atoms. The van der Waals surface area contributed by atoms with Gasteiger partial charge < -0.3 is 10.1 Å². The zero-order valence-corrected chi connectivity index (χ0v) is 11.9. The summed E-state index contributed by atoms with van der Waals surface area (Å²) in [5, 5.41) is 6.97. The molecule has 1 amide bonds. The van der Waals surface area contributed by atoms with Gasteiger partial charge in [-0.25, -0.2) is 9.50 Å². The minimum atomic E-state index is -0.0838. The Morgan fingerprint density at radius 3 is 3.21 bits per heavy atom. The van der Waals surface area contributed by atoms with E-state index in [0.717, 1.165) is 5.52 Å². The van der Waals surface area contributed by atoms with E-state index < -0.39 is 0 Å². The molecule has 1 N–H and O–H groups in total. The molecule has 1 saturated heterocycles. The molecular weight excluding hydrogens is 312 g/mol. The smallest absolute Gasteiger partial charge is 0.241 e. The Balaban J connectivity index is 1.84. The minimum Gasteiger partial charge on any atom is -0.473 e. The van der Waals surface area contributed by atoms with Crippen molar-refractivity contribution in [3.63, 3.8) is 0 Å². The van der Waals surface area contributed by atoms with Crippen molar-refractivity contribution in [2.45, 2.75) is 19.4 Å². The van der Waals surface area contributed by atoms with Crippen molar-refractivity contribution < 1.29 is 9.53 Å². The van der Waals surface area contributed by atoms with Gasteiger partial charge >= 0.3 is 0 Å². The summed E-state index contributed by atoms with van der Waals surface area (Å²) in [6.45, 7) is 2.62. The first-order valence-corrected chi connectivity index (χ1v) is 6.86. The molecule has 2 aromatic heterocycles. The second-order valence-corrected chi connectivity index (χ2v) is 5.43. The molecule has 3 rings (SSSR count). The second kappa shape index (κ2) is 4.80. The van der Waals surface area contributed by atoms with Crippen LogP contribution in [0.3, 0.4) is 0 Å². The number of carbonyl (C=O) groups is 1. The number of halogens is 1. The van der Waals surface area contributed by atoms with Crippen LogP contribution < -0.4 is 10.1 Å². The van der Waals surface area contributed by atoms with Gasteiger partial charge in [0.1, 0.15) is 16.2 Å². The third-order valence-corrected chi connectivity index (χ3v) is 3.68. The van der Waals surface area contributed by atoms with Crippen LogP contribution in [0.25, 0.3) is 5.52 Å². The van der Waals surface area contributed by atoms with Crippen molar-refractivity contribution in [1.29, 1.82) is 0 Å². The molecule has 6 nitrogen and oxygen atoms in total. The standard InChI is InChI=1S/C12H13BrN4O2/c1-7(8-4-11(18)14-5-8)19-12-9-2-3-15-17(9)6-10(13)16-12/h2-3,6-8H,4-5H2,1H3,(H,14,18)/t7-,8-/m1/s1. The maximum Gasteiger partial charge on any atom is 0.241 e. The molecule has 0 aliphatic carbocycles. The Morgan fingerprint density at radius 1 is 1.63 bits per heavy atom. The molecule has 1 aliphatic rings. The van der Waals surface area contributed by atoms with Crippen LogP contribution in [0.1, 0.15) is 13.3 Å². The lowest BCUT2D eigenvalue weighted by Gasteiger charge is -2.19. The molecule has 2 atom stereocenters. The van der Waals surface area contributed by atoms with Gasteiger partial charge in [0.05, 0.1) is 12.4 Å². The lowest BCUT2D eigenvalue weighted by atomic mass is 10.0. The van der Waals surface area contributed by atoms with Crippen molar-refractivity contribution in [2.24, 2.45) is 5.92 Å². The van der Waals surface area contributed by atoms with E-state index in [1.165, 1.54) is 0 Å². The van der Waals surface area contributed by atoms with E-state index in [-0.39, 0.29) is 17.9 Å². The SMILES string of the molecule is C[C@@H](Oc1nc(Br)cn2nccc12)[C@H]1CNC(=O)C1. The Hall–Kier alpha value is -1.63. The van der Waals surface area contributed by atoms with Gasteiger partial charge in [-0.05, 0) is 28.9 Å². The molecule has 0 unspecified atom stereocenters. The molecule has 3 heterocycles. The third-order valence-electron chi connectivity index (χ3n) is 3.30. The highest BCUT2D eigenvalue weighted by molar-refractivity contribution is 9.10. The second-order valence-electron chi connectivity index (χ2n) is 4.62. The first-order chi connectivity index (χ1) is 9.13. The number of carbonyl (C=O) groups excluding carboxylic acids is 1. The summed E-state index contributed by atoms with van der Waals surface area (Å²) in [5.74, 6) is 0.784. The molecule has 19 heavy (non-hydrogen) atoms. The van der Waals surface area contributed by atoms with E-state index in [0.29, 0.717) is 23.4 Å². The van der Waals surface area contributed by atoms with Gasteiger partial charge in [-0.1, -0.05) is 0 Å². The molecule has 2 aromatic rings. The number of hydrogen-bond donors (Lipinski definition) is 1. The number of ether oxygens (including phenoxy) is 1. The van der Waals surface area contributed by atoms with Gasteiger partial charge in [-0.3, -0.25) is 4.79 Å². The van der Waals surface area contributed by atoms with Crippen LogP contribution in [0.2, 0.25) is 0 Å². The topological polar surface area (TPSA) is 68.5 Å². The van der Waals surface area contributed by atoms with Crippen LogP contribution in [0.5, 0.6) is 5.88 Å². The van der Waals surface area contributed by atoms with E-state index in [2.05, 4.69) is 31.3 Å². The molecule has 0 bridgehead atoms. The fourth-order valence-electron chi connectivity index (χ4n) is 2.19. The van der Waals surface area contributed by atoms with Gasteiger partial charge in [0.2, 0.25) is 11.8 Å². The first-order valence-electron chi connectivity index (χ1n) is 6.07. The average Bonchev–Trinajstić information content (AvgIpc) is 2.97. The largest absolute Gasteiger partial charge is 0.473 e. The van der Waals surface area contributed by atoms with Crippen LogP contribution in [-0.4, -0.2) is 33.2 Å². The fraction of sp³-hybridized carbons (Fsp3) is 0.417. The lowest BCUT2D eigenvalue weighted by Crippen LogP contribution is -2.26. The van der Waals surface area contributed by atoms with E-state index >= 15 is 0 Å². The number of fused-ring (bicyclic) bond motifs is 1. The molecule has 1 fully saturated rings. The summed E-state index contributed by atoms with van der Waals surface area (Å²) in [6.07, 6.45) is 3.89. The molecule has 0 radical (unpaired) electrons. The number of nitrogens with zero attached hydrogens (tertiary/aromatic N) is 3. The van der Waals surface area contributed by atoms with Crippen molar-refractivity contribution in [1.82, 2.24) is 19.9 Å². The highest BCUT2D eigenvalue weighted by Crippen LogP contribution is 2.24. The number of nitrogens with one attached hydrogen (secondary N) is 1. The average molecular weight is 325 g/mol. The van der Waals surface area contributed by atoms with Gasteiger partial charge in [0.25, 0.3) is 0 Å². The van der Waals surface area contributed by atoms with Crippen molar-refractivity contribution >= 4 is 27.4 Å². The predicted octanol–water partition coefficient (Wildman–Crippen LogP) is 1.40. The highest BCUT2D eigenvalue weighted by Gasteiger charge is 2.28. The van der Waals surface area contributed by atoms with Gasteiger partial charge in [-0.2, -0.15) is 5.10 Å². The number of amides is 1. The predicted molar refractivity (Wildman–Crippen MR) is 71.9 cm³/mol. The molecule has 100 valence electrons. The number of hydrogen-bond acceptors (Lipinski definition) is 4. The maximum atomic E-state index is 11.2. The quantitative estimate of drug-likeness (QED) is 0.926. The summed E-state index contributed by atoms with van der Waals surface area (Å²) in [7, 11) is 0. The summed E-state index contributed by atoms with van der Waals surface area (Å²) >= 11 is 3.33. The Morgan fingerprint density at radius 2 is 2.47 bits per heavy atom. The van der Waals surface area contributed by atoms with Crippen molar-refractivity contribution in [3.05, 3.63) is 23.1 Å². The Bertz CT molecular complexity index is 627. The zero-order valence-electron chi connectivity index (χ0n) is 10.3. The monoisotopic (exact) mass is 324 g/mol. The van der Waals surface area contributed by atoms with Crippen LogP contribution in [-0.2, 0) is 4.79 Å². The van der Waals surface area contributed by atoms with Crippen LogP contribution in [0, 0.1) is 5.92 Å². The Labute approximate surface area is 118 Å². The van der Waals surface area contributed by atoms with Gasteiger partial charge in [-0.15, -0.1) is 0 Å². The normalized spacial score (nSPS) is 20.5. The Kier molecular flexibility index (Phi) is 3.14. The van der Waals surface area contributed by atoms with E-state index in [1.807, 2.05) is 13.0 Å². The third kappa shape index (κ3) is 2.42. The zero-order chi connectivity index (χ0) is 13.4. The van der Waals surface area contributed by atoms with Crippen LogP contribution in [0.15, 0.2) is 23.1 Å². The molecule has 7 heteroatoms. The minimum absolute atomic E-state index is 0.0807. The molecule has 0 saturated carbocycles. The van der Waals surface area contributed by atoms with Gasteiger partial charge in [0, 0.05) is 18.9 Å². The number of aromatic nitrogens is 3. The summed E-state index contributed by atoms with van der Waals surface area (Å²) in [6, 6.07) is 1.85.